The van der Waals surface area contributed by atoms with E-state index in [1.165, 1.54) is 71.3 Å². The Morgan fingerprint density at radius 1 is 0.750 bits per heavy atom. The first-order chi connectivity index (χ1) is 11.0. The summed E-state index contributed by atoms with van der Waals surface area (Å²) in [6, 6.07) is 0. The summed E-state index contributed by atoms with van der Waals surface area (Å²) in [5, 5.41) is 0. The normalized spacial score (nSPS) is 9.75. The fraction of sp³-hybridized carbons (Fsp3) is 0.947. The summed E-state index contributed by atoms with van der Waals surface area (Å²) in [6.07, 6.45) is 15.2. The monoisotopic (exact) mass is 348 g/mol. The molecule has 0 unspecified atom stereocenters. The maximum Gasteiger partial charge on any atom is 0.507 e. The summed E-state index contributed by atoms with van der Waals surface area (Å²) in [5.41, 5.74) is 0. The second kappa shape index (κ2) is 24.4. The van der Waals surface area contributed by atoms with Gasteiger partial charge in [0.25, 0.3) is 0 Å². The summed E-state index contributed by atoms with van der Waals surface area (Å²) in [4.78, 5) is 12.7. The molecule has 0 aromatic heterocycles. The number of unbranched alkanes of at least 4 members (excludes halogenated alkanes) is 11. The fourth-order valence-corrected chi connectivity index (χ4v) is 2.16. The second-order valence-corrected chi connectivity index (χ2v) is 6.53. The highest BCUT2D eigenvalue weighted by Gasteiger charge is 1.98. The number of hydrogen-bond donors (Lipinski definition) is 1. The number of hydrogen-bond acceptors (Lipinski definition) is 5. The van der Waals surface area contributed by atoms with E-state index < -0.39 is 6.16 Å². The highest BCUT2D eigenvalue weighted by Crippen LogP contribution is 2.11. The van der Waals surface area contributed by atoms with Gasteiger partial charge in [-0.05, 0) is 27.6 Å². The quantitative estimate of drug-likeness (QED) is 0.336. The topological polar surface area (TPSA) is 73.8 Å². The maximum atomic E-state index is 10.7. The molecule has 0 rings (SSSR count). The van der Waals surface area contributed by atoms with Crippen LogP contribution < -0.4 is 6.15 Å². The molecular weight excluding hydrogens is 304 g/mol. The Morgan fingerprint density at radius 2 is 1.08 bits per heavy atom. The lowest BCUT2D eigenvalue weighted by atomic mass is 10.1. The van der Waals surface area contributed by atoms with Gasteiger partial charge in [0.05, 0.1) is 13.7 Å². The number of methoxy groups -OCH3 is 1. The van der Waals surface area contributed by atoms with Gasteiger partial charge in [0.2, 0.25) is 0 Å². The van der Waals surface area contributed by atoms with Crippen LogP contribution in [0.3, 0.4) is 0 Å². The van der Waals surface area contributed by atoms with Crippen LogP contribution >= 0.6 is 0 Å². The molecule has 0 aliphatic carbocycles. The molecule has 0 heterocycles. The van der Waals surface area contributed by atoms with E-state index >= 15 is 0 Å². The van der Waals surface area contributed by atoms with Crippen molar-refractivity contribution in [3.63, 3.8) is 0 Å². The molecule has 0 atom stereocenters. The summed E-state index contributed by atoms with van der Waals surface area (Å²) >= 11 is 0. The van der Waals surface area contributed by atoms with Crippen LogP contribution in [-0.4, -0.2) is 45.9 Å². The highest BCUT2D eigenvalue weighted by atomic mass is 16.7. The van der Waals surface area contributed by atoms with E-state index in [2.05, 4.69) is 11.7 Å². The lowest BCUT2D eigenvalue weighted by molar-refractivity contribution is 0.0713. The van der Waals surface area contributed by atoms with Gasteiger partial charge in [-0.2, -0.15) is 0 Å². The van der Waals surface area contributed by atoms with Gasteiger partial charge in [0, 0.05) is 0 Å². The van der Waals surface area contributed by atoms with Crippen LogP contribution in [0.1, 0.15) is 84.0 Å². The molecular formula is C19H44N2O3. The number of rotatable bonds is 13. The lowest BCUT2D eigenvalue weighted by Gasteiger charge is -2.03. The third kappa shape index (κ3) is 33.0. The van der Waals surface area contributed by atoms with E-state index in [4.69, 9.17) is 4.74 Å². The number of ether oxygens (including phenoxy) is 2. The zero-order chi connectivity index (χ0) is 17.8. The zero-order valence-corrected chi connectivity index (χ0v) is 17.1. The van der Waals surface area contributed by atoms with Crippen molar-refractivity contribution in [1.82, 2.24) is 11.1 Å². The second-order valence-electron chi connectivity index (χ2n) is 6.53. The third-order valence-electron chi connectivity index (χ3n) is 3.38. The minimum atomic E-state index is -0.567. The van der Waals surface area contributed by atoms with Crippen molar-refractivity contribution >= 4 is 6.16 Å². The fourth-order valence-electron chi connectivity index (χ4n) is 2.16. The Kier molecular flexibility index (Phi) is 28.5. The summed E-state index contributed by atoms with van der Waals surface area (Å²) in [7, 11) is 7.34. The average molecular weight is 349 g/mol. The van der Waals surface area contributed by atoms with E-state index in [1.54, 1.807) is 0 Å². The number of carbonyl (C=O) groups excluding carboxylic acids is 1. The van der Waals surface area contributed by atoms with Crippen LogP contribution in [-0.2, 0) is 9.47 Å². The molecule has 5 heteroatoms. The van der Waals surface area contributed by atoms with Crippen LogP contribution in [0, 0.1) is 0 Å². The van der Waals surface area contributed by atoms with Crippen LogP contribution in [0.2, 0.25) is 0 Å². The third-order valence-corrected chi connectivity index (χ3v) is 3.38. The van der Waals surface area contributed by atoms with E-state index in [1.807, 2.05) is 26.0 Å². The summed E-state index contributed by atoms with van der Waals surface area (Å²) in [6.45, 7) is 2.75. The van der Waals surface area contributed by atoms with Gasteiger partial charge >= 0.3 is 6.16 Å². The Morgan fingerprint density at radius 3 is 1.42 bits per heavy atom. The van der Waals surface area contributed by atoms with E-state index in [0.717, 1.165) is 12.8 Å². The van der Waals surface area contributed by atoms with Crippen molar-refractivity contribution in [2.45, 2.75) is 84.0 Å². The largest absolute Gasteiger partial charge is 0.507 e. The summed E-state index contributed by atoms with van der Waals surface area (Å²) in [5.74, 6) is 0. The van der Waals surface area contributed by atoms with E-state index in [-0.39, 0.29) is 6.15 Å². The van der Waals surface area contributed by atoms with Crippen molar-refractivity contribution in [2.75, 3.05) is 34.9 Å². The first-order valence-electron chi connectivity index (χ1n) is 9.36. The molecule has 0 amide bonds. The molecule has 0 fully saturated rings. The first kappa shape index (κ1) is 28.0. The minimum Gasteiger partial charge on any atom is -0.438 e. The van der Waals surface area contributed by atoms with Crippen LogP contribution in [0.15, 0.2) is 0 Å². The van der Waals surface area contributed by atoms with Gasteiger partial charge in [-0.15, -0.1) is 0 Å². The van der Waals surface area contributed by atoms with E-state index in [0.29, 0.717) is 6.61 Å². The lowest BCUT2D eigenvalue weighted by Crippen LogP contribution is -2.05. The molecule has 148 valence electrons. The van der Waals surface area contributed by atoms with Crippen molar-refractivity contribution in [1.29, 1.82) is 0 Å². The van der Waals surface area contributed by atoms with Crippen molar-refractivity contribution in [3.8, 4) is 0 Å². The zero-order valence-electron chi connectivity index (χ0n) is 17.1. The van der Waals surface area contributed by atoms with Gasteiger partial charge in [-0.3, -0.25) is 0 Å². The van der Waals surface area contributed by atoms with Gasteiger partial charge < -0.3 is 20.5 Å². The predicted octanol–water partition coefficient (Wildman–Crippen LogP) is 5.81. The van der Waals surface area contributed by atoms with E-state index in [9.17, 15) is 4.79 Å². The molecule has 0 saturated carbocycles. The average Bonchev–Trinajstić information content (AvgIpc) is 2.51. The van der Waals surface area contributed by atoms with Gasteiger partial charge in [0.15, 0.2) is 0 Å². The Balaban J connectivity index is -0.000000787. The van der Waals surface area contributed by atoms with Gasteiger partial charge in [-0.25, -0.2) is 4.79 Å². The Hall–Kier alpha value is -0.810. The van der Waals surface area contributed by atoms with Crippen molar-refractivity contribution < 1.29 is 14.3 Å². The number of nitrogens with zero attached hydrogens (tertiary/aromatic N) is 1. The molecule has 0 radical (unpaired) electrons. The Bertz CT molecular complexity index is 234. The molecule has 0 aliphatic rings. The van der Waals surface area contributed by atoms with Crippen LogP contribution in [0.4, 0.5) is 4.79 Å². The highest BCUT2D eigenvalue weighted by molar-refractivity contribution is 5.59. The van der Waals surface area contributed by atoms with Crippen molar-refractivity contribution in [2.24, 2.45) is 0 Å². The molecule has 3 N–H and O–H groups in total. The van der Waals surface area contributed by atoms with Crippen molar-refractivity contribution in [3.05, 3.63) is 0 Å². The Labute approximate surface area is 151 Å². The smallest absolute Gasteiger partial charge is 0.438 e. The van der Waals surface area contributed by atoms with Gasteiger partial charge in [-0.1, -0.05) is 77.6 Å². The summed E-state index contributed by atoms with van der Waals surface area (Å²) < 4.78 is 9.22. The predicted molar refractivity (Wildman–Crippen MR) is 104 cm³/mol. The van der Waals surface area contributed by atoms with Crippen LogP contribution in [0.25, 0.3) is 0 Å². The molecule has 0 bridgehead atoms. The first-order valence-corrected chi connectivity index (χ1v) is 9.36. The molecule has 0 saturated heterocycles. The minimum absolute atomic E-state index is 0. The SMILES string of the molecule is CCCCCCCCCCCCCCOC(=O)OC.CN(C)C.N. The standard InChI is InChI=1S/C16H32O3.C3H9N.H3N/c1-3-4-5-6-7-8-9-10-11-12-13-14-15-19-16(17)18-2;1-4(2)3;/h3-15H2,1-2H3;1-3H3;1H3. The number of carbonyl (C=O) groups is 1. The molecule has 5 nitrogen and oxygen atoms in total. The molecule has 0 aromatic carbocycles. The molecule has 0 spiro atoms. The molecule has 24 heavy (non-hydrogen) atoms. The maximum absolute atomic E-state index is 10.7. The molecule has 0 aromatic rings. The van der Waals surface area contributed by atoms with Gasteiger partial charge in [0.1, 0.15) is 0 Å². The molecule has 0 aliphatic heterocycles. The van der Waals surface area contributed by atoms with Crippen LogP contribution in [0.5, 0.6) is 0 Å².